The molecule has 2 heterocycles. The van der Waals surface area contributed by atoms with Crippen LogP contribution in [0.1, 0.15) is 20.8 Å². The van der Waals surface area contributed by atoms with E-state index in [4.69, 9.17) is 15.2 Å². The maximum Gasteiger partial charge on any atom is 0.320 e. The highest BCUT2D eigenvalue weighted by molar-refractivity contribution is 5.92. The largest absolute Gasteiger partial charge is 0.384 e. The second kappa shape index (κ2) is 5.60. The zero-order valence-electron chi connectivity index (χ0n) is 12.8. The molecule has 3 N–H and O–H groups in total. The van der Waals surface area contributed by atoms with Crippen molar-refractivity contribution in [2.24, 2.45) is 10.7 Å². The predicted molar refractivity (Wildman–Crippen MR) is 77.1 cm³/mol. The first-order chi connectivity index (χ1) is 10.0. The summed E-state index contributed by atoms with van der Waals surface area (Å²) in [7, 11) is 0. The molecule has 0 saturated carbocycles. The van der Waals surface area contributed by atoms with E-state index in [1.807, 2.05) is 0 Å². The van der Waals surface area contributed by atoms with Gasteiger partial charge in [0, 0.05) is 6.20 Å². The van der Waals surface area contributed by atoms with Crippen LogP contribution < -0.4 is 5.73 Å². The van der Waals surface area contributed by atoms with E-state index in [1.165, 1.54) is 12.3 Å². The third-order valence-electron chi connectivity index (χ3n) is 3.27. The van der Waals surface area contributed by atoms with E-state index in [0.717, 1.165) is 4.90 Å². The van der Waals surface area contributed by atoms with Crippen LogP contribution in [-0.2, 0) is 9.47 Å². The number of nitrogens with two attached hydrogens (primary N) is 1. The van der Waals surface area contributed by atoms with Crippen LogP contribution in [-0.4, -0.2) is 52.4 Å². The van der Waals surface area contributed by atoms with Gasteiger partial charge in [-0.1, -0.05) is 6.58 Å². The van der Waals surface area contributed by atoms with E-state index < -0.39 is 30.0 Å². The Morgan fingerprint density at radius 1 is 1.55 bits per heavy atom. The summed E-state index contributed by atoms with van der Waals surface area (Å²) in [6.07, 6.45) is -2.17. The quantitative estimate of drug-likeness (QED) is 0.817. The molecule has 1 saturated heterocycles. The Kier molecular flexibility index (Phi) is 4.29. The molecule has 22 heavy (non-hydrogen) atoms. The summed E-state index contributed by atoms with van der Waals surface area (Å²) in [6.45, 7) is 8.79. The van der Waals surface area contributed by atoms with Gasteiger partial charge in [0.1, 0.15) is 17.8 Å². The first-order valence-electron chi connectivity index (χ1n) is 6.87. The number of halogens is 2. The van der Waals surface area contributed by atoms with Crippen molar-refractivity contribution < 1.29 is 23.4 Å². The molecule has 2 aliphatic rings. The average Bonchev–Trinajstić information content (AvgIpc) is 2.59. The molecular formula is C14H21F2N3O3. The number of hydrogen-bond acceptors (Lipinski definition) is 6. The number of aliphatic hydroxyl groups is 1. The highest BCUT2D eigenvalue weighted by Gasteiger charge is 2.60. The van der Waals surface area contributed by atoms with Gasteiger partial charge < -0.3 is 25.2 Å². The summed E-state index contributed by atoms with van der Waals surface area (Å²) in [4.78, 5) is 4.87. The fraction of sp³-hybridized carbons (Fsp3) is 0.643. The van der Waals surface area contributed by atoms with Crippen LogP contribution in [0.2, 0.25) is 0 Å². The highest BCUT2D eigenvalue weighted by Crippen LogP contribution is 2.40. The molecular weight excluding hydrogens is 296 g/mol. The molecule has 0 aromatic heterocycles. The fourth-order valence-corrected chi connectivity index (χ4v) is 2.14. The van der Waals surface area contributed by atoms with Crippen molar-refractivity contribution in [2.75, 3.05) is 6.61 Å². The standard InChI is InChI=1S/C14H21F2N3O3/c1-8-18-10(17)5-6-19(8)12-14(15,16)11(20)9(22-12)7-21-13(2,3)4/h5-6,9,11-12,20H,1,7H2,2-4H3,(H2,17,18)/t9-,11?,12-/m1/s1. The van der Waals surface area contributed by atoms with Crippen molar-refractivity contribution in [1.82, 2.24) is 4.90 Å². The van der Waals surface area contributed by atoms with E-state index in [2.05, 4.69) is 11.6 Å². The zero-order chi connectivity index (χ0) is 16.7. The average molecular weight is 317 g/mol. The van der Waals surface area contributed by atoms with Gasteiger partial charge in [-0.2, -0.15) is 8.78 Å². The van der Waals surface area contributed by atoms with Gasteiger partial charge in [0.15, 0.2) is 6.10 Å². The number of alkyl halides is 2. The van der Waals surface area contributed by atoms with Crippen LogP contribution >= 0.6 is 0 Å². The molecule has 6 nitrogen and oxygen atoms in total. The van der Waals surface area contributed by atoms with Gasteiger partial charge in [-0.3, -0.25) is 0 Å². The minimum Gasteiger partial charge on any atom is -0.384 e. The van der Waals surface area contributed by atoms with Crippen LogP contribution in [0.25, 0.3) is 0 Å². The van der Waals surface area contributed by atoms with Crippen molar-refractivity contribution in [1.29, 1.82) is 0 Å². The molecule has 2 rings (SSSR count). The molecule has 1 fully saturated rings. The van der Waals surface area contributed by atoms with Crippen molar-refractivity contribution >= 4 is 5.84 Å². The number of rotatable bonds is 3. The summed E-state index contributed by atoms with van der Waals surface area (Å²) in [5.41, 5.74) is 4.96. The Morgan fingerprint density at radius 3 is 2.73 bits per heavy atom. The van der Waals surface area contributed by atoms with E-state index in [-0.39, 0.29) is 18.3 Å². The molecule has 124 valence electrons. The molecule has 0 spiro atoms. The molecule has 0 radical (unpaired) electrons. The Bertz CT molecular complexity index is 514. The third-order valence-corrected chi connectivity index (χ3v) is 3.27. The monoisotopic (exact) mass is 317 g/mol. The van der Waals surface area contributed by atoms with Crippen molar-refractivity contribution in [3.63, 3.8) is 0 Å². The molecule has 8 heteroatoms. The number of nitrogens with zero attached hydrogens (tertiary/aromatic N) is 2. The number of ether oxygens (including phenoxy) is 2. The van der Waals surface area contributed by atoms with Gasteiger partial charge in [0.05, 0.1) is 12.2 Å². The Hall–Kier alpha value is -1.51. The van der Waals surface area contributed by atoms with E-state index in [9.17, 15) is 13.9 Å². The Morgan fingerprint density at radius 2 is 2.18 bits per heavy atom. The van der Waals surface area contributed by atoms with Crippen LogP contribution in [0.3, 0.4) is 0 Å². The first-order valence-corrected chi connectivity index (χ1v) is 6.87. The van der Waals surface area contributed by atoms with Gasteiger partial charge in [0.2, 0.25) is 6.23 Å². The number of hydrogen-bond donors (Lipinski definition) is 2. The fourth-order valence-electron chi connectivity index (χ4n) is 2.14. The number of aliphatic imine (C=N–C) groups is 1. The Balaban J connectivity index is 2.13. The molecule has 3 atom stereocenters. The minimum atomic E-state index is -3.50. The molecule has 0 aromatic carbocycles. The predicted octanol–water partition coefficient (Wildman–Crippen LogP) is 1.18. The lowest BCUT2D eigenvalue weighted by molar-refractivity contribution is -0.149. The summed E-state index contributed by atoms with van der Waals surface area (Å²) in [6, 6.07) is 0. The summed E-state index contributed by atoms with van der Waals surface area (Å²) in [5.74, 6) is -3.31. The summed E-state index contributed by atoms with van der Waals surface area (Å²) >= 11 is 0. The van der Waals surface area contributed by atoms with Crippen LogP contribution in [0.5, 0.6) is 0 Å². The molecule has 1 unspecified atom stereocenters. The first kappa shape index (κ1) is 16.9. The molecule has 0 aliphatic carbocycles. The van der Waals surface area contributed by atoms with Crippen molar-refractivity contribution in [3.05, 3.63) is 24.7 Å². The minimum absolute atomic E-state index is 0.0225. The maximum absolute atomic E-state index is 14.3. The van der Waals surface area contributed by atoms with Crippen LogP contribution in [0, 0.1) is 0 Å². The topological polar surface area (TPSA) is 80.3 Å². The maximum atomic E-state index is 14.3. The van der Waals surface area contributed by atoms with Gasteiger partial charge in [-0.05, 0) is 26.8 Å². The van der Waals surface area contributed by atoms with Crippen molar-refractivity contribution in [2.45, 2.75) is 50.7 Å². The number of amidine groups is 1. The second-order valence-corrected chi connectivity index (χ2v) is 6.25. The highest BCUT2D eigenvalue weighted by atomic mass is 19.3. The molecule has 2 aliphatic heterocycles. The smallest absolute Gasteiger partial charge is 0.320 e. The van der Waals surface area contributed by atoms with Gasteiger partial charge in [-0.15, -0.1) is 0 Å². The lowest BCUT2D eigenvalue weighted by Crippen LogP contribution is -2.47. The lowest BCUT2D eigenvalue weighted by Gasteiger charge is -2.31. The molecule has 0 amide bonds. The van der Waals surface area contributed by atoms with E-state index in [1.54, 1.807) is 20.8 Å². The van der Waals surface area contributed by atoms with Crippen LogP contribution in [0.4, 0.5) is 8.78 Å². The second-order valence-electron chi connectivity index (χ2n) is 6.25. The summed E-state index contributed by atoms with van der Waals surface area (Å²) in [5, 5.41) is 9.86. The zero-order valence-corrected chi connectivity index (χ0v) is 12.8. The van der Waals surface area contributed by atoms with Crippen LogP contribution in [0.15, 0.2) is 29.7 Å². The van der Waals surface area contributed by atoms with Crippen molar-refractivity contribution in [3.8, 4) is 0 Å². The normalized spacial score (nSPS) is 31.5. The van der Waals surface area contributed by atoms with E-state index in [0.29, 0.717) is 0 Å². The van der Waals surface area contributed by atoms with Gasteiger partial charge >= 0.3 is 5.92 Å². The van der Waals surface area contributed by atoms with Gasteiger partial charge in [0.25, 0.3) is 0 Å². The summed E-state index contributed by atoms with van der Waals surface area (Å²) < 4.78 is 39.3. The molecule has 0 aromatic rings. The van der Waals surface area contributed by atoms with Gasteiger partial charge in [-0.25, -0.2) is 4.99 Å². The molecule has 0 bridgehead atoms. The Labute approximate surface area is 127 Å². The third kappa shape index (κ3) is 3.29. The SMILES string of the molecule is C=C1N=C(N)C=CN1[C@@H]1O[C@H](COC(C)(C)C)C(O)C1(F)F. The lowest BCUT2D eigenvalue weighted by atomic mass is 10.1. The van der Waals surface area contributed by atoms with E-state index >= 15 is 0 Å². The number of aliphatic hydroxyl groups excluding tert-OH is 1.